The highest BCUT2D eigenvalue weighted by Crippen LogP contribution is 2.27. The number of carbonyl (C=O) groups is 1. The summed E-state index contributed by atoms with van der Waals surface area (Å²) in [4.78, 5) is 25.2. The minimum Gasteiger partial charge on any atom is -0.493 e. The van der Waals surface area contributed by atoms with Gasteiger partial charge in [0.15, 0.2) is 17.2 Å². The van der Waals surface area contributed by atoms with Crippen molar-refractivity contribution < 1.29 is 14.3 Å². The minimum atomic E-state index is -0.497. The van der Waals surface area contributed by atoms with Crippen molar-refractivity contribution in [3.63, 3.8) is 0 Å². The molecule has 8 heteroatoms. The average molecular weight is 394 g/mol. The van der Waals surface area contributed by atoms with Gasteiger partial charge >= 0.3 is 0 Å². The van der Waals surface area contributed by atoms with Gasteiger partial charge in [-0.05, 0) is 38.1 Å². The summed E-state index contributed by atoms with van der Waals surface area (Å²) in [6, 6.07) is 12.2. The van der Waals surface area contributed by atoms with Crippen LogP contribution in [0.5, 0.6) is 11.5 Å². The van der Waals surface area contributed by atoms with Crippen molar-refractivity contribution in [2.75, 3.05) is 14.2 Å². The Morgan fingerprint density at radius 3 is 2.45 bits per heavy atom. The van der Waals surface area contributed by atoms with E-state index in [4.69, 9.17) is 9.47 Å². The van der Waals surface area contributed by atoms with E-state index in [1.165, 1.54) is 4.68 Å². The summed E-state index contributed by atoms with van der Waals surface area (Å²) in [5, 5.41) is 9.31. The van der Waals surface area contributed by atoms with E-state index in [1.54, 1.807) is 64.5 Å². The second-order valence-electron chi connectivity index (χ2n) is 6.22. The van der Waals surface area contributed by atoms with Crippen LogP contribution >= 0.6 is 0 Å². The van der Waals surface area contributed by atoms with Crippen LogP contribution in [0, 0.1) is 0 Å². The van der Waals surface area contributed by atoms with Crippen LogP contribution in [0.3, 0.4) is 0 Å². The van der Waals surface area contributed by atoms with Crippen molar-refractivity contribution in [1.29, 1.82) is 0 Å². The number of aryl methyl sites for hydroxylation is 1. The Hall–Kier alpha value is -3.68. The molecule has 29 heavy (non-hydrogen) atoms. The van der Waals surface area contributed by atoms with Crippen molar-refractivity contribution in [2.45, 2.75) is 20.4 Å². The highest BCUT2D eigenvalue weighted by Gasteiger charge is 2.16. The number of hydrogen-bond donors (Lipinski definition) is 1. The summed E-state index contributed by atoms with van der Waals surface area (Å²) in [5.41, 5.74) is 3.78. The molecule has 0 aliphatic heterocycles. The van der Waals surface area contributed by atoms with Gasteiger partial charge in [0.2, 0.25) is 0 Å². The molecule has 0 aliphatic rings. The summed E-state index contributed by atoms with van der Waals surface area (Å²) in [6.45, 7) is 3.92. The van der Waals surface area contributed by atoms with Crippen LogP contribution in [0.2, 0.25) is 0 Å². The lowest BCUT2D eigenvalue weighted by molar-refractivity contribution is 0.0949. The monoisotopic (exact) mass is 394 g/mol. The molecule has 2 aromatic carbocycles. The van der Waals surface area contributed by atoms with Crippen molar-refractivity contribution in [2.24, 2.45) is 5.10 Å². The molecule has 0 fully saturated rings. The number of nitrogens with one attached hydrogen (secondary N) is 1. The molecule has 8 nitrogen and oxygen atoms in total. The predicted molar refractivity (Wildman–Crippen MR) is 111 cm³/mol. The quantitative estimate of drug-likeness (QED) is 0.512. The molecule has 3 rings (SSSR count). The van der Waals surface area contributed by atoms with Crippen molar-refractivity contribution >= 4 is 22.4 Å². The fourth-order valence-electron chi connectivity index (χ4n) is 2.93. The first-order valence-corrected chi connectivity index (χ1v) is 9.07. The zero-order chi connectivity index (χ0) is 21.0. The molecule has 1 aromatic heterocycles. The van der Waals surface area contributed by atoms with Crippen LogP contribution in [0.4, 0.5) is 0 Å². The second-order valence-corrected chi connectivity index (χ2v) is 6.22. The van der Waals surface area contributed by atoms with E-state index in [-0.39, 0.29) is 11.3 Å². The van der Waals surface area contributed by atoms with Crippen LogP contribution in [0.1, 0.15) is 29.9 Å². The Morgan fingerprint density at radius 1 is 1.10 bits per heavy atom. The van der Waals surface area contributed by atoms with Crippen LogP contribution < -0.4 is 20.5 Å². The molecule has 0 unspecified atom stereocenters. The lowest BCUT2D eigenvalue weighted by Gasteiger charge is -2.10. The third-order valence-electron chi connectivity index (χ3n) is 4.51. The molecule has 0 spiro atoms. The van der Waals surface area contributed by atoms with E-state index in [2.05, 4.69) is 15.6 Å². The first-order valence-electron chi connectivity index (χ1n) is 9.07. The van der Waals surface area contributed by atoms with Gasteiger partial charge in [-0.25, -0.2) is 10.1 Å². The lowest BCUT2D eigenvalue weighted by atomic mass is 10.1. The minimum absolute atomic E-state index is 0.144. The molecule has 0 saturated heterocycles. The largest absolute Gasteiger partial charge is 0.493 e. The standard InChI is InChI=1S/C21H22N4O4/c1-5-25-21(27)16-9-7-6-8-15(16)19(24-25)20(26)23-22-13(2)14-10-11-17(28-3)18(12-14)29-4/h6-12H,5H2,1-4H3,(H,23,26)/b22-13+. The zero-order valence-electron chi connectivity index (χ0n) is 16.7. The van der Waals surface area contributed by atoms with Crippen LogP contribution in [-0.2, 0) is 6.54 Å². The summed E-state index contributed by atoms with van der Waals surface area (Å²) in [7, 11) is 3.11. The third kappa shape index (κ3) is 3.96. The number of carbonyl (C=O) groups excluding carboxylic acids is 1. The molecule has 150 valence electrons. The number of hydrazone groups is 1. The van der Waals surface area contributed by atoms with E-state index in [0.717, 1.165) is 5.56 Å². The second kappa shape index (κ2) is 8.55. The topological polar surface area (TPSA) is 94.8 Å². The first-order chi connectivity index (χ1) is 14.0. The fourth-order valence-corrected chi connectivity index (χ4v) is 2.93. The van der Waals surface area contributed by atoms with E-state index in [1.807, 2.05) is 6.07 Å². The number of rotatable bonds is 6. The van der Waals surface area contributed by atoms with Gasteiger partial charge in [0.25, 0.3) is 11.5 Å². The van der Waals surface area contributed by atoms with Crippen molar-refractivity contribution in [3.05, 3.63) is 64.1 Å². The molecule has 1 amide bonds. The SMILES string of the molecule is CCn1nc(C(=O)N/N=C(\C)c2ccc(OC)c(OC)c2)c2ccccc2c1=O. The molecule has 3 aromatic rings. The van der Waals surface area contributed by atoms with Crippen molar-refractivity contribution in [1.82, 2.24) is 15.2 Å². The van der Waals surface area contributed by atoms with E-state index in [9.17, 15) is 9.59 Å². The number of methoxy groups -OCH3 is 2. The highest BCUT2D eigenvalue weighted by atomic mass is 16.5. The summed E-state index contributed by atoms with van der Waals surface area (Å²) < 4.78 is 11.8. The van der Waals surface area contributed by atoms with E-state index < -0.39 is 5.91 Å². The van der Waals surface area contributed by atoms with Crippen LogP contribution in [0.15, 0.2) is 52.4 Å². The molecular weight excluding hydrogens is 372 g/mol. The van der Waals surface area contributed by atoms with E-state index in [0.29, 0.717) is 34.5 Å². The molecule has 0 saturated carbocycles. The highest BCUT2D eigenvalue weighted by molar-refractivity contribution is 6.06. The molecule has 0 radical (unpaired) electrons. The Kier molecular flexibility index (Phi) is 5.92. The number of benzene rings is 2. The molecule has 0 bridgehead atoms. The predicted octanol–water partition coefficient (Wildman–Crippen LogP) is 2.59. The first kappa shape index (κ1) is 20.1. The Balaban J connectivity index is 1.93. The number of nitrogens with zero attached hydrogens (tertiary/aromatic N) is 3. The maximum atomic E-state index is 12.8. The fraction of sp³-hybridized carbons (Fsp3) is 0.238. The van der Waals surface area contributed by atoms with Gasteiger partial charge < -0.3 is 9.47 Å². The zero-order valence-corrected chi connectivity index (χ0v) is 16.7. The molecule has 0 atom stereocenters. The Labute approximate surface area is 167 Å². The number of amides is 1. The van der Waals surface area contributed by atoms with Gasteiger partial charge in [0.1, 0.15) is 0 Å². The maximum Gasteiger partial charge on any atom is 0.292 e. The molecule has 0 aliphatic carbocycles. The lowest BCUT2D eigenvalue weighted by Crippen LogP contribution is -2.28. The van der Waals surface area contributed by atoms with Gasteiger partial charge in [-0.2, -0.15) is 10.2 Å². The molecule has 1 N–H and O–H groups in total. The summed E-state index contributed by atoms with van der Waals surface area (Å²) >= 11 is 0. The van der Waals surface area contributed by atoms with Crippen LogP contribution in [0.25, 0.3) is 10.8 Å². The van der Waals surface area contributed by atoms with Gasteiger partial charge in [-0.1, -0.05) is 18.2 Å². The number of fused-ring (bicyclic) bond motifs is 1. The van der Waals surface area contributed by atoms with Gasteiger partial charge in [-0.15, -0.1) is 0 Å². The van der Waals surface area contributed by atoms with Gasteiger partial charge in [0.05, 0.1) is 25.3 Å². The van der Waals surface area contributed by atoms with E-state index >= 15 is 0 Å². The Bertz CT molecular complexity index is 1150. The molecule has 1 heterocycles. The van der Waals surface area contributed by atoms with Crippen molar-refractivity contribution in [3.8, 4) is 11.5 Å². The maximum absolute atomic E-state index is 12.8. The number of hydrogen-bond acceptors (Lipinski definition) is 6. The molecular formula is C21H22N4O4. The van der Waals surface area contributed by atoms with Gasteiger partial charge in [0, 0.05) is 17.5 Å². The van der Waals surface area contributed by atoms with Crippen LogP contribution in [-0.4, -0.2) is 35.6 Å². The number of aromatic nitrogens is 2. The number of ether oxygens (including phenoxy) is 2. The normalized spacial score (nSPS) is 11.4. The summed E-state index contributed by atoms with van der Waals surface area (Å²) in [5.74, 6) is 0.669. The summed E-state index contributed by atoms with van der Waals surface area (Å²) in [6.07, 6.45) is 0. The van der Waals surface area contributed by atoms with Gasteiger partial charge in [-0.3, -0.25) is 9.59 Å². The third-order valence-corrected chi connectivity index (χ3v) is 4.51. The average Bonchev–Trinajstić information content (AvgIpc) is 2.77. The Morgan fingerprint density at radius 2 is 1.79 bits per heavy atom. The smallest absolute Gasteiger partial charge is 0.292 e.